The van der Waals surface area contributed by atoms with Gasteiger partial charge in [0.25, 0.3) is 0 Å². The summed E-state index contributed by atoms with van der Waals surface area (Å²) in [7, 11) is 0. The second kappa shape index (κ2) is 5.32. The molecule has 0 aromatic heterocycles. The van der Waals surface area contributed by atoms with Crippen LogP contribution in [0.2, 0.25) is 0 Å². The van der Waals surface area contributed by atoms with E-state index in [0.29, 0.717) is 12.0 Å². The minimum atomic E-state index is 0.576. The summed E-state index contributed by atoms with van der Waals surface area (Å²) in [5.41, 5.74) is 4.13. The average molecular weight is 205 g/mol. The van der Waals surface area contributed by atoms with Crippen molar-refractivity contribution in [2.75, 3.05) is 0 Å². The van der Waals surface area contributed by atoms with Crippen LogP contribution in [0.4, 0.5) is 0 Å². The van der Waals surface area contributed by atoms with E-state index in [2.05, 4.69) is 58.1 Å². The Morgan fingerprint density at radius 2 is 1.73 bits per heavy atom. The zero-order valence-corrected chi connectivity index (χ0v) is 10.6. The SMILES string of the molecule is Cc1ccc(CN[C@H](C)C(C)C)cc1C. The predicted molar refractivity (Wildman–Crippen MR) is 67.1 cm³/mol. The van der Waals surface area contributed by atoms with Gasteiger partial charge in [-0.2, -0.15) is 0 Å². The number of hydrogen-bond acceptors (Lipinski definition) is 1. The van der Waals surface area contributed by atoms with Gasteiger partial charge in [0.15, 0.2) is 0 Å². The summed E-state index contributed by atoms with van der Waals surface area (Å²) in [6.45, 7) is 12.0. The molecule has 1 rings (SSSR count). The van der Waals surface area contributed by atoms with Gasteiger partial charge in [0.05, 0.1) is 0 Å². The highest BCUT2D eigenvalue weighted by molar-refractivity contribution is 5.29. The maximum atomic E-state index is 3.55. The normalized spacial score (nSPS) is 13.2. The van der Waals surface area contributed by atoms with Crippen molar-refractivity contribution in [2.24, 2.45) is 5.92 Å². The van der Waals surface area contributed by atoms with Gasteiger partial charge in [-0.1, -0.05) is 32.0 Å². The van der Waals surface area contributed by atoms with Crippen molar-refractivity contribution in [3.8, 4) is 0 Å². The van der Waals surface area contributed by atoms with E-state index in [-0.39, 0.29) is 0 Å². The summed E-state index contributed by atoms with van der Waals surface area (Å²) >= 11 is 0. The van der Waals surface area contributed by atoms with Crippen molar-refractivity contribution in [2.45, 2.75) is 47.2 Å². The van der Waals surface area contributed by atoms with Crippen LogP contribution in [-0.4, -0.2) is 6.04 Å². The quantitative estimate of drug-likeness (QED) is 0.794. The molecule has 0 saturated heterocycles. The molecule has 0 aliphatic carbocycles. The van der Waals surface area contributed by atoms with Crippen LogP contribution in [0.3, 0.4) is 0 Å². The van der Waals surface area contributed by atoms with Crippen molar-refractivity contribution in [1.29, 1.82) is 0 Å². The lowest BCUT2D eigenvalue weighted by Crippen LogP contribution is -2.30. The lowest BCUT2D eigenvalue weighted by atomic mass is 10.0. The third-order valence-electron chi connectivity index (χ3n) is 3.20. The fourth-order valence-corrected chi connectivity index (χ4v) is 1.43. The lowest BCUT2D eigenvalue weighted by Gasteiger charge is -2.17. The average Bonchev–Trinajstić information content (AvgIpc) is 2.19. The number of hydrogen-bond donors (Lipinski definition) is 1. The molecule has 0 heterocycles. The Balaban J connectivity index is 2.55. The largest absolute Gasteiger partial charge is 0.310 e. The third-order valence-corrected chi connectivity index (χ3v) is 3.20. The number of rotatable bonds is 4. The van der Waals surface area contributed by atoms with Crippen molar-refractivity contribution in [3.63, 3.8) is 0 Å². The van der Waals surface area contributed by atoms with Gasteiger partial charge < -0.3 is 5.32 Å². The molecule has 1 atom stereocenters. The van der Waals surface area contributed by atoms with Gasteiger partial charge in [-0.3, -0.25) is 0 Å². The summed E-state index contributed by atoms with van der Waals surface area (Å²) in [6.07, 6.45) is 0. The molecule has 1 nitrogen and oxygen atoms in total. The van der Waals surface area contributed by atoms with Gasteiger partial charge in [-0.15, -0.1) is 0 Å². The fourth-order valence-electron chi connectivity index (χ4n) is 1.43. The molecule has 0 fully saturated rings. The van der Waals surface area contributed by atoms with Crippen LogP contribution in [0.15, 0.2) is 18.2 Å². The van der Waals surface area contributed by atoms with Gasteiger partial charge in [-0.25, -0.2) is 0 Å². The zero-order chi connectivity index (χ0) is 11.4. The third kappa shape index (κ3) is 3.67. The minimum absolute atomic E-state index is 0.576. The molecule has 0 unspecified atom stereocenters. The number of benzene rings is 1. The van der Waals surface area contributed by atoms with E-state index in [1.54, 1.807) is 0 Å². The van der Waals surface area contributed by atoms with Gasteiger partial charge in [0.1, 0.15) is 0 Å². The van der Waals surface area contributed by atoms with Crippen LogP contribution in [-0.2, 0) is 6.54 Å². The molecule has 1 N–H and O–H groups in total. The molecular formula is C14H23N. The predicted octanol–water partition coefficient (Wildman–Crippen LogP) is 3.44. The molecule has 0 aliphatic rings. The first-order chi connectivity index (χ1) is 7.00. The highest BCUT2D eigenvalue weighted by atomic mass is 14.9. The first-order valence-electron chi connectivity index (χ1n) is 5.80. The Bertz CT molecular complexity index is 315. The fraction of sp³-hybridized carbons (Fsp3) is 0.571. The van der Waals surface area contributed by atoms with Gasteiger partial charge >= 0.3 is 0 Å². The smallest absolute Gasteiger partial charge is 0.0208 e. The molecule has 15 heavy (non-hydrogen) atoms. The van der Waals surface area contributed by atoms with Crippen LogP contribution >= 0.6 is 0 Å². The highest BCUT2D eigenvalue weighted by Gasteiger charge is 2.05. The van der Waals surface area contributed by atoms with Crippen molar-refractivity contribution in [1.82, 2.24) is 5.32 Å². The molecule has 0 amide bonds. The molecule has 1 aromatic rings. The molecule has 0 saturated carbocycles. The molecule has 1 aromatic carbocycles. The Morgan fingerprint density at radius 3 is 2.27 bits per heavy atom. The Labute approximate surface area is 93.9 Å². The van der Waals surface area contributed by atoms with E-state index in [1.165, 1.54) is 16.7 Å². The van der Waals surface area contributed by atoms with Crippen LogP contribution in [0.1, 0.15) is 37.5 Å². The molecule has 0 radical (unpaired) electrons. The summed E-state index contributed by atoms with van der Waals surface area (Å²) in [5.74, 6) is 0.691. The highest BCUT2D eigenvalue weighted by Crippen LogP contribution is 2.10. The molecule has 0 spiro atoms. The maximum absolute atomic E-state index is 3.55. The van der Waals surface area contributed by atoms with E-state index in [0.717, 1.165) is 6.54 Å². The first-order valence-corrected chi connectivity index (χ1v) is 5.80. The first kappa shape index (κ1) is 12.3. The van der Waals surface area contributed by atoms with Crippen LogP contribution in [0.5, 0.6) is 0 Å². The maximum Gasteiger partial charge on any atom is 0.0208 e. The molecule has 1 heteroatoms. The number of aryl methyl sites for hydroxylation is 2. The second-order valence-electron chi connectivity index (χ2n) is 4.83. The van der Waals surface area contributed by atoms with Crippen LogP contribution in [0, 0.1) is 19.8 Å². The molecular weight excluding hydrogens is 182 g/mol. The summed E-state index contributed by atoms with van der Waals surface area (Å²) in [4.78, 5) is 0. The molecule has 0 bridgehead atoms. The van der Waals surface area contributed by atoms with Gasteiger partial charge in [-0.05, 0) is 43.4 Å². The van der Waals surface area contributed by atoms with E-state index < -0.39 is 0 Å². The standard InChI is InChI=1S/C14H23N/c1-10(2)13(5)15-9-14-7-6-11(3)12(4)8-14/h6-8,10,13,15H,9H2,1-5H3/t13-/m1/s1. The Hall–Kier alpha value is -0.820. The van der Waals surface area contributed by atoms with Crippen molar-refractivity contribution >= 4 is 0 Å². The van der Waals surface area contributed by atoms with E-state index in [4.69, 9.17) is 0 Å². The van der Waals surface area contributed by atoms with Gasteiger partial charge in [0, 0.05) is 12.6 Å². The second-order valence-corrected chi connectivity index (χ2v) is 4.83. The summed E-state index contributed by atoms with van der Waals surface area (Å²) in [5, 5.41) is 3.55. The monoisotopic (exact) mass is 205 g/mol. The lowest BCUT2D eigenvalue weighted by molar-refractivity contribution is 0.426. The Kier molecular flexibility index (Phi) is 4.34. The summed E-state index contributed by atoms with van der Waals surface area (Å²) < 4.78 is 0. The molecule has 0 aliphatic heterocycles. The van der Waals surface area contributed by atoms with E-state index in [9.17, 15) is 0 Å². The zero-order valence-electron chi connectivity index (χ0n) is 10.6. The number of nitrogens with one attached hydrogen (secondary N) is 1. The summed E-state index contributed by atoms with van der Waals surface area (Å²) in [6, 6.07) is 7.26. The molecule has 84 valence electrons. The van der Waals surface area contributed by atoms with Crippen molar-refractivity contribution < 1.29 is 0 Å². The Morgan fingerprint density at radius 1 is 1.07 bits per heavy atom. The van der Waals surface area contributed by atoms with Crippen LogP contribution < -0.4 is 5.32 Å². The van der Waals surface area contributed by atoms with Crippen molar-refractivity contribution in [3.05, 3.63) is 34.9 Å². The minimum Gasteiger partial charge on any atom is -0.310 e. The van der Waals surface area contributed by atoms with Crippen LogP contribution in [0.25, 0.3) is 0 Å². The van der Waals surface area contributed by atoms with E-state index >= 15 is 0 Å². The van der Waals surface area contributed by atoms with E-state index in [1.807, 2.05) is 0 Å². The topological polar surface area (TPSA) is 12.0 Å². The van der Waals surface area contributed by atoms with Gasteiger partial charge in [0.2, 0.25) is 0 Å².